The normalized spacial score (nSPS) is 24.5. The number of piperidine rings is 1. The Labute approximate surface area is 144 Å². The van der Waals surface area contributed by atoms with E-state index in [2.05, 4.69) is 11.9 Å². The van der Waals surface area contributed by atoms with Gasteiger partial charge in [0, 0.05) is 11.1 Å². The summed E-state index contributed by atoms with van der Waals surface area (Å²) < 4.78 is 5.81. The fraction of sp³-hybridized carbons (Fsp3) is 0.632. The molecule has 3 nitrogen and oxygen atoms in total. The average Bonchev–Trinajstić information content (AvgIpc) is 3.05. The van der Waals surface area contributed by atoms with Gasteiger partial charge in [-0.2, -0.15) is 0 Å². The SMILES string of the molecule is CN1CCCC[C@@H]1COC(=O)C1(c2ccc(Cl)cc2)CCCC1. The fourth-order valence-corrected chi connectivity index (χ4v) is 4.15. The van der Waals surface area contributed by atoms with Crippen molar-refractivity contribution in [1.82, 2.24) is 4.90 Å². The highest BCUT2D eigenvalue weighted by Crippen LogP contribution is 2.42. The molecule has 4 heteroatoms. The van der Waals surface area contributed by atoms with E-state index in [0.717, 1.165) is 44.2 Å². The Hall–Kier alpha value is -1.06. The zero-order valence-electron chi connectivity index (χ0n) is 13.9. The van der Waals surface area contributed by atoms with Crippen LogP contribution in [0.3, 0.4) is 0 Å². The molecular formula is C19H26ClNO2. The molecule has 1 saturated carbocycles. The van der Waals surface area contributed by atoms with Crippen molar-refractivity contribution in [2.45, 2.75) is 56.4 Å². The summed E-state index contributed by atoms with van der Waals surface area (Å²) in [6.45, 7) is 1.62. The molecule has 1 aromatic carbocycles. The summed E-state index contributed by atoms with van der Waals surface area (Å²) in [5.41, 5.74) is 0.596. The molecule has 0 radical (unpaired) electrons. The summed E-state index contributed by atoms with van der Waals surface area (Å²) in [5, 5.41) is 0.707. The van der Waals surface area contributed by atoms with Gasteiger partial charge in [0.2, 0.25) is 0 Å². The minimum atomic E-state index is -0.460. The Morgan fingerprint density at radius 2 is 1.91 bits per heavy atom. The van der Waals surface area contributed by atoms with E-state index in [1.807, 2.05) is 24.3 Å². The van der Waals surface area contributed by atoms with E-state index >= 15 is 0 Å². The minimum Gasteiger partial charge on any atom is -0.463 e. The first-order valence-corrected chi connectivity index (χ1v) is 9.13. The van der Waals surface area contributed by atoms with E-state index in [9.17, 15) is 4.79 Å². The van der Waals surface area contributed by atoms with Gasteiger partial charge in [0.15, 0.2) is 0 Å². The Morgan fingerprint density at radius 3 is 2.57 bits per heavy atom. The second-order valence-electron chi connectivity index (χ2n) is 7.02. The van der Waals surface area contributed by atoms with Gasteiger partial charge in [-0.05, 0) is 57.0 Å². The number of likely N-dealkylation sites (N-methyl/N-ethyl adjacent to an activating group) is 1. The number of hydrogen-bond acceptors (Lipinski definition) is 3. The van der Waals surface area contributed by atoms with Crippen LogP contribution in [-0.2, 0) is 14.9 Å². The third kappa shape index (κ3) is 3.56. The van der Waals surface area contributed by atoms with Gasteiger partial charge in [-0.1, -0.05) is 43.0 Å². The topological polar surface area (TPSA) is 29.5 Å². The molecule has 1 aliphatic carbocycles. The first kappa shape index (κ1) is 16.8. The van der Waals surface area contributed by atoms with Gasteiger partial charge < -0.3 is 9.64 Å². The van der Waals surface area contributed by atoms with Crippen molar-refractivity contribution in [2.75, 3.05) is 20.2 Å². The monoisotopic (exact) mass is 335 g/mol. The molecule has 0 aromatic heterocycles. The quantitative estimate of drug-likeness (QED) is 0.773. The van der Waals surface area contributed by atoms with Crippen LogP contribution in [-0.4, -0.2) is 37.1 Å². The molecule has 1 atom stereocenters. The van der Waals surface area contributed by atoms with Crippen LogP contribution in [0, 0.1) is 0 Å². The summed E-state index contributed by atoms with van der Waals surface area (Å²) in [7, 11) is 2.13. The van der Waals surface area contributed by atoms with Crippen LogP contribution in [0.5, 0.6) is 0 Å². The highest BCUT2D eigenvalue weighted by molar-refractivity contribution is 6.30. The van der Waals surface area contributed by atoms with E-state index in [-0.39, 0.29) is 5.97 Å². The predicted molar refractivity (Wildman–Crippen MR) is 92.8 cm³/mol. The summed E-state index contributed by atoms with van der Waals surface area (Å²) in [4.78, 5) is 15.2. The number of carbonyl (C=O) groups excluding carboxylic acids is 1. The standard InChI is InChI=1S/C19H26ClNO2/c1-21-13-5-2-6-17(21)14-23-18(22)19(11-3-4-12-19)15-7-9-16(20)10-8-15/h7-10,17H,2-6,11-14H2,1H3/t17-/m1/s1. The van der Waals surface area contributed by atoms with Crippen LogP contribution in [0.1, 0.15) is 50.5 Å². The summed E-state index contributed by atoms with van der Waals surface area (Å²) in [6, 6.07) is 8.10. The number of carbonyl (C=O) groups is 1. The number of benzene rings is 1. The molecule has 2 aliphatic rings. The van der Waals surface area contributed by atoms with E-state index in [1.54, 1.807) is 0 Å². The van der Waals surface area contributed by atoms with Crippen LogP contribution in [0.2, 0.25) is 5.02 Å². The smallest absolute Gasteiger partial charge is 0.316 e. The largest absolute Gasteiger partial charge is 0.463 e. The first-order chi connectivity index (χ1) is 11.1. The van der Waals surface area contributed by atoms with Gasteiger partial charge in [0.1, 0.15) is 6.61 Å². The Kier molecular flexibility index (Phi) is 5.27. The Bertz CT molecular complexity index is 537. The highest BCUT2D eigenvalue weighted by Gasteiger charge is 2.44. The second kappa shape index (κ2) is 7.23. The van der Waals surface area contributed by atoms with Crippen molar-refractivity contribution in [2.24, 2.45) is 0 Å². The van der Waals surface area contributed by atoms with Crippen molar-refractivity contribution >= 4 is 17.6 Å². The highest BCUT2D eigenvalue weighted by atomic mass is 35.5. The third-order valence-corrected chi connectivity index (χ3v) is 5.82. The van der Waals surface area contributed by atoms with E-state index in [0.29, 0.717) is 17.7 Å². The average molecular weight is 336 g/mol. The molecule has 1 aliphatic heterocycles. The predicted octanol–water partition coefficient (Wildman–Crippen LogP) is 4.18. The molecule has 23 heavy (non-hydrogen) atoms. The Balaban J connectivity index is 1.70. The number of esters is 1. The van der Waals surface area contributed by atoms with Crippen molar-refractivity contribution in [3.8, 4) is 0 Å². The van der Waals surface area contributed by atoms with E-state index < -0.39 is 5.41 Å². The van der Waals surface area contributed by atoms with Crippen LogP contribution in [0.15, 0.2) is 24.3 Å². The van der Waals surface area contributed by atoms with Gasteiger partial charge in [-0.25, -0.2) is 0 Å². The zero-order valence-corrected chi connectivity index (χ0v) is 14.6. The Morgan fingerprint density at radius 1 is 1.22 bits per heavy atom. The van der Waals surface area contributed by atoms with Gasteiger partial charge in [0.05, 0.1) is 5.41 Å². The number of halogens is 1. The van der Waals surface area contributed by atoms with Crippen LogP contribution in [0.4, 0.5) is 0 Å². The summed E-state index contributed by atoms with van der Waals surface area (Å²) in [5.74, 6) is -0.0451. The van der Waals surface area contributed by atoms with Gasteiger partial charge >= 0.3 is 5.97 Å². The molecule has 0 N–H and O–H groups in total. The maximum absolute atomic E-state index is 12.9. The van der Waals surface area contributed by atoms with Crippen molar-refractivity contribution < 1.29 is 9.53 Å². The van der Waals surface area contributed by atoms with Crippen molar-refractivity contribution in [3.63, 3.8) is 0 Å². The maximum Gasteiger partial charge on any atom is 0.316 e. The second-order valence-corrected chi connectivity index (χ2v) is 7.46. The summed E-state index contributed by atoms with van der Waals surface area (Å²) in [6.07, 6.45) is 7.53. The first-order valence-electron chi connectivity index (χ1n) is 8.75. The number of nitrogens with zero attached hydrogens (tertiary/aromatic N) is 1. The molecule has 1 heterocycles. The molecular weight excluding hydrogens is 310 g/mol. The number of hydrogen-bond donors (Lipinski definition) is 0. The molecule has 3 rings (SSSR count). The summed E-state index contributed by atoms with van der Waals surface area (Å²) >= 11 is 6.00. The van der Waals surface area contributed by atoms with Crippen LogP contribution in [0.25, 0.3) is 0 Å². The zero-order chi connectivity index (χ0) is 16.3. The molecule has 1 aromatic rings. The van der Waals surface area contributed by atoms with Gasteiger partial charge in [-0.15, -0.1) is 0 Å². The lowest BCUT2D eigenvalue weighted by molar-refractivity contribution is -0.152. The van der Waals surface area contributed by atoms with Crippen LogP contribution < -0.4 is 0 Å². The fourth-order valence-electron chi connectivity index (χ4n) is 4.02. The molecule has 0 amide bonds. The van der Waals surface area contributed by atoms with Gasteiger partial charge in [0.25, 0.3) is 0 Å². The van der Waals surface area contributed by atoms with Crippen LogP contribution >= 0.6 is 11.6 Å². The maximum atomic E-state index is 12.9. The molecule has 0 unspecified atom stereocenters. The minimum absolute atomic E-state index is 0.0451. The molecule has 0 bridgehead atoms. The van der Waals surface area contributed by atoms with Gasteiger partial charge in [-0.3, -0.25) is 4.79 Å². The van der Waals surface area contributed by atoms with E-state index in [1.165, 1.54) is 12.8 Å². The number of likely N-dealkylation sites (tertiary alicyclic amines) is 1. The molecule has 2 fully saturated rings. The number of ether oxygens (including phenoxy) is 1. The lowest BCUT2D eigenvalue weighted by atomic mass is 9.79. The molecule has 126 valence electrons. The van der Waals surface area contributed by atoms with Crippen molar-refractivity contribution in [1.29, 1.82) is 0 Å². The third-order valence-electron chi connectivity index (χ3n) is 5.57. The lowest BCUT2D eigenvalue weighted by Gasteiger charge is -2.33. The van der Waals surface area contributed by atoms with E-state index in [4.69, 9.17) is 16.3 Å². The number of rotatable bonds is 4. The van der Waals surface area contributed by atoms with Crippen molar-refractivity contribution in [3.05, 3.63) is 34.9 Å². The lowest BCUT2D eigenvalue weighted by Crippen LogP contribution is -2.42. The molecule has 1 saturated heterocycles. The molecule has 0 spiro atoms.